The number of likely N-dealkylation sites (N-methyl/N-ethyl adjacent to an activating group) is 1. The minimum absolute atomic E-state index is 0.158. The highest BCUT2D eigenvalue weighted by atomic mass is 16.5. The maximum atomic E-state index is 9.54. The van der Waals surface area contributed by atoms with Crippen molar-refractivity contribution in [2.75, 3.05) is 13.7 Å². The minimum atomic E-state index is -0.158. The van der Waals surface area contributed by atoms with Gasteiger partial charge in [-0.2, -0.15) is 0 Å². The van der Waals surface area contributed by atoms with Crippen LogP contribution >= 0.6 is 0 Å². The number of nitrogens with one attached hydrogen (secondary N) is 1. The Balaban J connectivity index is 1.99. The lowest BCUT2D eigenvalue weighted by Crippen LogP contribution is -2.44. The molecular formula is C18H29NO2. The molecule has 1 aromatic rings. The van der Waals surface area contributed by atoms with Gasteiger partial charge < -0.3 is 15.2 Å². The van der Waals surface area contributed by atoms with Crippen molar-refractivity contribution in [2.45, 2.75) is 63.5 Å². The summed E-state index contributed by atoms with van der Waals surface area (Å²) in [6, 6.07) is 8.49. The molecule has 1 fully saturated rings. The second-order valence-corrected chi connectivity index (χ2v) is 6.93. The van der Waals surface area contributed by atoms with Gasteiger partial charge in [-0.25, -0.2) is 0 Å². The summed E-state index contributed by atoms with van der Waals surface area (Å²) in [7, 11) is 1.92. The molecule has 0 aliphatic heterocycles. The summed E-state index contributed by atoms with van der Waals surface area (Å²) in [6.45, 7) is 6.92. The second kappa shape index (κ2) is 6.37. The number of aliphatic hydroxyl groups excluding tert-OH is 1. The zero-order chi connectivity index (χ0) is 15.5. The zero-order valence-electron chi connectivity index (χ0n) is 13.8. The molecule has 1 aromatic carbocycles. The molecule has 21 heavy (non-hydrogen) atoms. The van der Waals surface area contributed by atoms with Gasteiger partial charge in [0.1, 0.15) is 11.9 Å². The molecule has 0 heterocycles. The second-order valence-electron chi connectivity index (χ2n) is 6.93. The first-order valence-electron chi connectivity index (χ1n) is 8.02. The molecule has 0 amide bonds. The van der Waals surface area contributed by atoms with E-state index in [2.05, 4.69) is 50.4 Å². The molecule has 0 bridgehead atoms. The smallest absolute Gasteiger partial charge is 0.119 e. The van der Waals surface area contributed by atoms with Crippen LogP contribution in [-0.2, 0) is 5.41 Å². The lowest BCUT2D eigenvalue weighted by atomic mass is 9.82. The molecule has 0 saturated heterocycles. The third-order valence-corrected chi connectivity index (χ3v) is 5.22. The number of aliphatic hydroxyl groups is 1. The molecule has 2 N–H and O–H groups in total. The molecule has 1 saturated carbocycles. The quantitative estimate of drug-likeness (QED) is 0.845. The van der Waals surface area contributed by atoms with E-state index in [1.165, 1.54) is 5.56 Å². The van der Waals surface area contributed by atoms with Crippen molar-refractivity contribution in [1.82, 2.24) is 5.32 Å². The third-order valence-electron chi connectivity index (χ3n) is 5.22. The van der Waals surface area contributed by atoms with Gasteiger partial charge in [0.05, 0.1) is 6.61 Å². The molecule has 0 aromatic heterocycles. The average Bonchev–Trinajstić information content (AvgIpc) is 2.92. The minimum Gasteiger partial charge on any atom is -0.490 e. The number of benzene rings is 1. The maximum Gasteiger partial charge on any atom is 0.119 e. The Morgan fingerprint density at radius 3 is 2.48 bits per heavy atom. The van der Waals surface area contributed by atoms with Gasteiger partial charge in [0.25, 0.3) is 0 Å². The van der Waals surface area contributed by atoms with Gasteiger partial charge in [0.15, 0.2) is 0 Å². The number of rotatable bonds is 6. The van der Waals surface area contributed by atoms with Crippen molar-refractivity contribution in [1.29, 1.82) is 0 Å². The van der Waals surface area contributed by atoms with Crippen LogP contribution in [0.25, 0.3) is 0 Å². The fraction of sp³-hybridized carbons (Fsp3) is 0.667. The van der Waals surface area contributed by atoms with E-state index in [9.17, 15) is 5.11 Å². The van der Waals surface area contributed by atoms with Crippen LogP contribution in [0.5, 0.6) is 5.75 Å². The summed E-state index contributed by atoms with van der Waals surface area (Å²) < 4.78 is 6.08. The van der Waals surface area contributed by atoms with Crippen LogP contribution in [0.4, 0.5) is 0 Å². The topological polar surface area (TPSA) is 41.5 Å². The van der Waals surface area contributed by atoms with Crippen LogP contribution in [0.1, 0.15) is 52.0 Å². The standard InChI is InChI=1S/C18H29NO2/c1-5-17(2,3)14-6-8-15(9-7-14)21-16-10-11-18(12-16,13-20)19-4/h6-9,16,19-20H,5,10-13H2,1-4H3. The number of hydrogen-bond acceptors (Lipinski definition) is 3. The summed E-state index contributed by atoms with van der Waals surface area (Å²) >= 11 is 0. The van der Waals surface area contributed by atoms with E-state index in [4.69, 9.17) is 4.74 Å². The van der Waals surface area contributed by atoms with Crippen molar-refractivity contribution >= 4 is 0 Å². The molecule has 3 heteroatoms. The van der Waals surface area contributed by atoms with Gasteiger partial charge in [0.2, 0.25) is 0 Å². The summed E-state index contributed by atoms with van der Waals surface area (Å²) in [6.07, 6.45) is 4.13. The van der Waals surface area contributed by atoms with Crippen LogP contribution in [-0.4, -0.2) is 30.4 Å². The highest BCUT2D eigenvalue weighted by molar-refractivity contribution is 5.31. The maximum absolute atomic E-state index is 9.54. The van der Waals surface area contributed by atoms with Crippen LogP contribution in [0, 0.1) is 0 Å². The third kappa shape index (κ3) is 3.58. The van der Waals surface area contributed by atoms with Crippen LogP contribution in [0.2, 0.25) is 0 Å². The first kappa shape index (κ1) is 16.3. The summed E-state index contributed by atoms with van der Waals surface area (Å²) in [5.74, 6) is 0.931. The van der Waals surface area contributed by atoms with E-state index in [0.717, 1.165) is 31.4 Å². The fourth-order valence-electron chi connectivity index (χ4n) is 3.01. The monoisotopic (exact) mass is 291 g/mol. The summed E-state index contributed by atoms with van der Waals surface area (Å²) in [5.41, 5.74) is 1.41. The highest BCUT2D eigenvalue weighted by Gasteiger charge is 2.38. The molecule has 2 unspecified atom stereocenters. The first-order valence-corrected chi connectivity index (χ1v) is 8.02. The van der Waals surface area contributed by atoms with E-state index in [0.29, 0.717) is 0 Å². The van der Waals surface area contributed by atoms with E-state index in [-0.39, 0.29) is 23.7 Å². The predicted molar refractivity (Wildman–Crippen MR) is 86.9 cm³/mol. The van der Waals surface area contributed by atoms with E-state index < -0.39 is 0 Å². The van der Waals surface area contributed by atoms with Crippen molar-refractivity contribution in [2.24, 2.45) is 0 Å². The highest BCUT2D eigenvalue weighted by Crippen LogP contribution is 2.33. The Morgan fingerprint density at radius 1 is 1.33 bits per heavy atom. The predicted octanol–water partition coefficient (Wildman–Crippen LogP) is 3.26. The van der Waals surface area contributed by atoms with Crippen LogP contribution < -0.4 is 10.1 Å². The Morgan fingerprint density at radius 2 is 2.00 bits per heavy atom. The van der Waals surface area contributed by atoms with Crippen molar-refractivity contribution in [3.8, 4) is 5.75 Å². The Labute approximate surface area is 128 Å². The molecule has 1 aliphatic carbocycles. The van der Waals surface area contributed by atoms with E-state index in [1.54, 1.807) is 0 Å². The van der Waals surface area contributed by atoms with Crippen molar-refractivity contribution < 1.29 is 9.84 Å². The Kier molecular flexibility index (Phi) is 4.95. The lowest BCUT2D eigenvalue weighted by Gasteiger charge is -2.26. The SMILES string of the molecule is CCC(C)(C)c1ccc(OC2CCC(CO)(NC)C2)cc1. The number of hydrogen-bond donors (Lipinski definition) is 2. The van der Waals surface area contributed by atoms with Crippen molar-refractivity contribution in [3.63, 3.8) is 0 Å². The molecule has 118 valence electrons. The van der Waals surface area contributed by atoms with E-state index >= 15 is 0 Å². The number of ether oxygens (including phenoxy) is 1. The molecular weight excluding hydrogens is 262 g/mol. The molecule has 2 atom stereocenters. The molecule has 0 radical (unpaired) electrons. The largest absolute Gasteiger partial charge is 0.490 e. The lowest BCUT2D eigenvalue weighted by molar-refractivity contribution is 0.146. The van der Waals surface area contributed by atoms with Gasteiger partial charge in [0, 0.05) is 12.0 Å². The van der Waals surface area contributed by atoms with Gasteiger partial charge in [-0.15, -0.1) is 0 Å². The molecule has 3 nitrogen and oxygen atoms in total. The van der Waals surface area contributed by atoms with Gasteiger partial charge in [-0.1, -0.05) is 32.9 Å². The van der Waals surface area contributed by atoms with E-state index in [1.807, 2.05) is 7.05 Å². The van der Waals surface area contributed by atoms with Crippen LogP contribution in [0.15, 0.2) is 24.3 Å². The van der Waals surface area contributed by atoms with Crippen LogP contribution in [0.3, 0.4) is 0 Å². The summed E-state index contributed by atoms with van der Waals surface area (Å²) in [5, 5.41) is 12.8. The van der Waals surface area contributed by atoms with Gasteiger partial charge in [-0.3, -0.25) is 0 Å². The Hall–Kier alpha value is -1.06. The average molecular weight is 291 g/mol. The Bertz CT molecular complexity index is 449. The fourth-order valence-corrected chi connectivity index (χ4v) is 3.01. The first-order chi connectivity index (χ1) is 9.94. The van der Waals surface area contributed by atoms with Gasteiger partial charge >= 0.3 is 0 Å². The van der Waals surface area contributed by atoms with Crippen molar-refractivity contribution in [3.05, 3.63) is 29.8 Å². The normalized spacial score (nSPS) is 26.0. The molecule has 1 aliphatic rings. The summed E-state index contributed by atoms with van der Waals surface area (Å²) in [4.78, 5) is 0. The van der Waals surface area contributed by atoms with Gasteiger partial charge in [-0.05, 0) is 49.4 Å². The molecule has 2 rings (SSSR count). The molecule has 0 spiro atoms. The zero-order valence-corrected chi connectivity index (χ0v) is 13.8.